The Hall–Kier alpha value is -0.0800. The molecule has 74 valence electrons. The monoisotopic (exact) mass is 173 g/mol. The third-order valence-electron chi connectivity index (χ3n) is 2.18. The van der Waals surface area contributed by atoms with Crippen LogP contribution in [-0.2, 0) is 4.74 Å². The molecule has 1 unspecified atom stereocenters. The molecule has 2 heteroatoms. The Balaban J connectivity index is 3.19. The fourth-order valence-electron chi connectivity index (χ4n) is 1.36. The van der Waals surface area contributed by atoms with Crippen LogP contribution in [0.5, 0.6) is 0 Å². The van der Waals surface area contributed by atoms with Crippen LogP contribution in [0.25, 0.3) is 0 Å². The number of hydrogen-bond acceptors (Lipinski definition) is 2. The number of hydrogen-bond donors (Lipinski definition) is 1. The molecule has 0 amide bonds. The van der Waals surface area contributed by atoms with Crippen molar-refractivity contribution in [2.75, 3.05) is 26.8 Å². The molecule has 0 aliphatic heterocycles. The molecule has 0 rings (SSSR count). The largest absolute Gasteiger partial charge is 0.382 e. The Morgan fingerprint density at radius 1 is 1.33 bits per heavy atom. The molecule has 0 heterocycles. The van der Waals surface area contributed by atoms with Gasteiger partial charge in [0.05, 0.1) is 0 Å². The van der Waals surface area contributed by atoms with Crippen molar-refractivity contribution in [1.82, 2.24) is 5.32 Å². The lowest BCUT2D eigenvalue weighted by Gasteiger charge is -2.13. The zero-order valence-corrected chi connectivity index (χ0v) is 8.73. The predicted molar refractivity (Wildman–Crippen MR) is 53.4 cm³/mol. The van der Waals surface area contributed by atoms with E-state index in [9.17, 15) is 0 Å². The van der Waals surface area contributed by atoms with Gasteiger partial charge in [-0.2, -0.15) is 0 Å². The van der Waals surface area contributed by atoms with E-state index in [1.54, 1.807) is 0 Å². The molecule has 1 N–H and O–H groups in total. The first-order valence-corrected chi connectivity index (χ1v) is 5.07. The summed E-state index contributed by atoms with van der Waals surface area (Å²) in [5.74, 6) is 0.829. The van der Waals surface area contributed by atoms with Crippen LogP contribution in [0.15, 0.2) is 0 Å². The van der Waals surface area contributed by atoms with Crippen LogP contribution < -0.4 is 5.32 Å². The summed E-state index contributed by atoms with van der Waals surface area (Å²) in [6.07, 6.45) is 3.76. The second-order valence-corrected chi connectivity index (χ2v) is 3.17. The van der Waals surface area contributed by atoms with Gasteiger partial charge in [0.15, 0.2) is 0 Å². The highest BCUT2D eigenvalue weighted by atomic mass is 16.5. The summed E-state index contributed by atoms with van der Waals surface area (Å²) in [6, 6.07) is 0. The Kier molecular flexibility index (Phi) is 8.95. The standard InChI is InChI=1S/C10H23NO/c1-4-10(9-11-3)7-6-8-12-5-2/h10-11H,4-9H2,1-3H3. The van der Waals surface area contributed by atoms with Gasteiger partial charge in [-0.3, -0.25) is 0 Å². The first-order chi connectivity index (χ1) is 5.85. The van der Waals surface area contributed by atoms with Crippen LogP contribution in [0.2, 0.25) is 0 Å². The van der Waals surface area contributed by atoms with Crippen molar-refractivity contribution in [3.63, 3.8) is 0 Å². The third-order valence-corrected chi connectivity index (χ3v) is 2.18. The summed E-state index contributed by atoms with van der Waals surface area (Å²) in [5.41, 5.74) is 0. The number of ether oxygens (including phenoxy) is 1. The molecule has 0 aliphatic rings. The topological polar surface area (TPSA) is 21.3 Å². The summed E-state index contributed by atoms with van der Waals surface area (Å²) < 4.78 is 5.29. The fourth-order valence-corrected chi connectivity index (χ4v) is 1.36. The van der Waals surface area contributed by atoms with Gasteiger partial charge in [0.25, 0.3) is 0 Å². The van der Waals surface area contributed by atoms with Gasteiger partial charge in [-0.15, -0.1) is 0 Å². The van der Waals surface area contributed by atoms with Crippen molar-refractivity contribution in [2.45, 2.75) is 33.1 Å². The molecule has 0 fully saturated rings. The zero-order chi connectivity index (χ0) is 9.23. The van der Waals surface area contributed by atoms with E-state index in [4.69, 9.17) is 4.74 Å². The molecule has 0 spiro atoms. The molecule has 12 heavy (non-hydrogen) atoms. The van der Waals surface area contributed by atoms with Crippen LogP contribution >= 0.6 is 0 Å². The third kappa shape index (κ3) is 6.62. The Bertz CT molecular complexity index is 85.9. The minimum absolute atomic E-state index is 0.829. The summed E-state index contributed by atoms with van der Waals surface area (Å²) in [5, 5.41) is 3.22. The zero-order valence-electron chi connectivity index (χ0n) is 8.73. The van der Waals surface area contributed by atoms with E-state index in [0.29, 0.717) is 0 Å². The molecular formula is C10H23NO. The normalized spacial score (nSPS) is 13.2. The first-order valence-electron chi connectivity index (χ1n) is 5.07. The molecule has 0 saturated heterocycles. The average molecular weight is 173 g/mol. The maximum atomic E-state index is 5.29. The minimum atomic E-state index is 0.829. The van der Waals surface area contributed by atoms with Gasteiger partial charge in [-0.05, 0) is 39.3 Å². The molecule has 0 bridgehead atoms. The van der Waals surface area contributed by atoms with E-state index in [2.05, 4.69) is 12.2 Å². The van der Waals surface area contributed by atoms with Gasteiger partial charge in [0.2, 0.25) is 0 Å². The second kappa shape index (κ2) is 9.01. The highest BCUT2D eigenvalue weighted by Crippen LogP contribution is 2.09. The van der Waals surface area contributed by atoms with Crippen molar-refractivity contribution in [2.24, 2.45) is 5.92 Å². The minimum Gasteiger partial charge on any atom is -0.382 e. The quantitative estimate of drug-likeness (QED) is 0.567. The smallest absolute Gasteiger partial charge is 0.0466 e. The van der Waals surface area contributed by atoms with E-state index in [1.807, 2.05) is 14.0 Å². The van der Waals surface area contributed by atoms with Crippen LogP contribution in [0.1, 0.15) is 33.1 Å². The lowest BCUT2D eigenvalue weighted by Crippen LogP contribution is -2.18. The summed E-state index contributed by atoms with van der Waals surface area (Å²) in [6.45, 7) is 7.22. The van der Waals surface area contributed by atoms with Gasteiger partial charge in [0, 0.05) is 13.2 Å². The second-order valence-electron chi connectivity index (χ2n) is 3.17. The van der Waals surface area contributed by atoms with Crippen LogP contribution in [-0.4, -0.2) is 26.8 Å². The Morgan fingerprint density at radius 3 is 2.58 bits per heavy atom. The predicted octanol–water partition coefficient (Wildman–Crippen LogP) is 2.05. The average Bonchev–Trinajstić information content (AvgIpc) is 2.10. The molecular weight excluding hydrogens is 150 g/mol. The maximum absolute atomic E-state index is 5.29. The highest BCUT2D eigenvalue weighted by molar-refractivity contribution is 4.58. The van der Waals surface area contributed by atoms with Crippen molar-refractivity contribution < 1.29 is 4.74 Å². The van der Waals surface area contributed by atoms with Crippen molar-refractivity contribution in [3.05, 3.63) is 0 Å². The molecule has 0 radical (unpaired) electrons. The van der Waals surface area contributed by atoms with Gasteiger partial charge in [-0.25, -0.2) is 0 Å². The van der Waals surface area contributed by atoms with Crippen molar-refractivity contribution in [3.8, 4) is 0 Å². The molecule has 0 aromatic carbocycles. The van der Waals surface area contributed by atoms with E-state index < -0.39 is 0 Å². The number of nitrogens with one attached hydrogen (secondary N) is 1. The van der Waals surface area contributed by atoms with E-state index in [0.717, 1.165) is 25.7 Å². The molecule has 2 nitrogen and oxygen atoms in total. The maximum Gasteiger partial charge on any atom is 0.0466 e. The van der Waals surface area contributed by atoms with E-state index in [1.165, 1.54) is 19.3 Å². The van der Waals surface area contributed by atoms with Gasteiger partial charge in [-0.1, -0.05) is 13.3 Å². The van der Waals surface area contributed by atoms with Crippen LogP contribution in [0, 0.1) is 5.92 Å². The number of rotatable bonds is 8. The van der Waals surface area contributed by atoms with E-state index >= 15 is 0 Å². The Morgan fingerprint density at radius 2 is 2.08 bits per heavy atom. The lowest BCUT2D eigenvalue weighted by atomic mass is 10.0. The summed E-state index contributed by atoms with van der Waals surface area (Å²) >= 11 is 0. The van der Waals surface area contributed by atoms with Crippen molar-refractivity contribution >= 4 is 0 Å². The fraction of sp³-hybridized carbons (Fsp3) is 1.00. The highest BCUT2D eigenvalue weighted by Gasteiger charge is 2.03. The van der Waals surface area contributed by atoms with E-state index in [-0.39, 0.29) is 0 Å². The molecule has 0 aromatic rings. The van der Waals surface area contributed by atoms with Crippen molar-refractivity contribution in [1.29, 1.82) is 0 Å². The molecule has 0 aromatic heterocycles. The van der Waals surface area contributed by atoms with Gasteiger partial charge < -0.3 is 10.1 Å². The van der Waals surface area contributed by atoms with Gasteiger partial charge in [0.1, 0.15) is 0 Å². The van der Waals surface area contributed by atoms with Crippen LogP contribution in [0.3, 0.4) is 0 Å². The van der Waals surface area contributed by atoms with Gasteiger partial charge >= 0.3 is 0 Å². The first kappa shape index (κ1) is 11.9. The van der Waals surface area contributed by atoms with Crippen LogP contribution in [0.4, 0.5) is 0 Å². The summed E-state index contributed by atoms with van der Waals surface area (Å²) in [7, 11) is 2.02. The molecule has 0 aliphatic carbocycles. The summed E-state index contributed by atoms with van der Waals surface area (Å²) in [4.78, 5) is 0. The Labute approximate surface area is 76.7 Å². The SMILES string of the molecule is CCOCCCC(CC)CNC. The molecule has 1 atom stereocenters. The molecule has 0 saturated carbocycles. The lowest BCUT2D eigenvalue weighted by molar-refractivity contribution is 0.139.